The predicted molar refractivity (Wildman–Crippen MR) is 108 cm³/mol. The summed E-state index contributed by atoms with van der Waals surface area (Å²) in [5.74, 6) is 0.912. The number of benzene rings is 2. The first kappa shape index (κ1) is 18.5. The van der Waals surface area contributed by atoms with Gasteiger partial charge in [0.25, 0.3) is 0 Å². The number of aliphatic hydroxyl groups is 1. The zero-order chi connectivity index (χ0) is 18.5. The first-order valence-corrected chi connectivity index (χ1v) is 10.2. The SMILES string of the molecule is OCC[C@H]1CN2CCCC2CN1Cc1ccc(OCc2ccccc2)cc1. The van der Waals surface area contributed by atoms with Crippen LogP contribution < -0.4 is 4.74 Å². The van der Waals surface area contributed by atoms with Crippen LogP contribution >= 0.6 is 0 Å². The maximum absolute atomic E-state index is 9.47. The molecule has 2 fully saturated rings. The van der Waals surface area contributed by atoms with Crippen molar-refractivity contribution in [2.75, 3.05) is 26.2 Å². The van der Waals surface area contributed by atoms with Crippen LogP contribution in [0.3, 0.4) is 0 Å². The van der Waals surface area contributed by atoms with Crippen molar-refractivity contribution in [3.8, 4) is 5.75 Å². The van der Waals surface area contributed by atoms with Gasteiger partial charge in [-0.2, -0.15) is 0 Å². The number of piperazine rings is 1. The average Bonchev–Trinajstić information content (AvgIpc) is 3.16. The molecule has 2 aromatic rings. The summed E-state index contributed by atoms with van der Waals surface area (Å²) >= 11 is 0. The highest BCUT2D eigenvalue weighted by Crippen LogP contribution is 2.27. The average molecular weight is 367 g/mol. The van der Waals surface area contributed by atoms with Gasteiger partial charge in [-0.3, -0.25) is 9.80 Å². The molecule has 2 saturated heterocycles. The van der Waals surface area contributed by atoms with Gasteiger partial charge >= 0.3 is 0 Å². The van der Waals surface area contributed by atoms with Gasteiger partial charge in [-0.05, 0) is 49.1 Å². The van der Waals surface area contributed by atoms with E-state index >= 15 is 0 Å². The third-order valence-electron chi connectivity index (χ3n) is 5.93. The quantitative estimate of drug-likeness (QED) is 0.816. The molecule has 4 heteroatoms. The van der Waals surface area contributed by atoms with E-state index in [-0.39, 0.29) is 6.61 Å². The van der Waals surface area contributed by atoms with Crippen molar-refractivity contribution in [1.29, 1.82) is 0 Å². The highest BCUT2D eigenvalue weighted by Gasteiger charge is 2.35. The molecule has 1 unspecified atom stereocenters. The summed E-state index contributed by atoms with van der Waals surface area (Å²) in [5.41, 5.74) is 2.50. The molecule has 1 N–H and O–H groups in total. The molecule has 4 nitrogen and oxygen atoms in total. The van der Waals surface area contributed by atoms with Crippen molar-refractivity contribution in [3.63, 3.8) is 0 Å². The molecule has 0 aliphatic carbocycles. The summed E-state index contributed by atoms with van der Waals surface area (Å²) in [7, 11) is 0. The topological polar surface area (TPSA) is 35.9 Å². The van der Waals surface area contributed by atoms with E-state index < -0.39 is 0 Å². The monoisotopic (exact) mass is 366 g/mol. The Balaban J connectivity index is 1.35. The minimum absolute atomic E-state index is 0.270. The Labute approximate surface area is 162 Å². The summed E-state index contributed by atoms with van der Waals surface area (Å²) < 4.78 is 5.90. The van der Waals surface area contributed by atoms with Crippen LogP contribution in [0.2, 0.25) is 0 Å². The minimum atomic E-state index is 0.270. The molecule has 2 aliphatic rings. The predicted octanol–water partition coefficient (Wildman–Crippen LogP) is 3.30. The van der Waals surface area contributed by atoms with Crippen LogP contribution in [0.15, 0.2) is 54.6 Å². The van der Waals surface area contributed by atoms with E-state index in [1.807, 2.05) is 18.2 Å². The Morgan fingerprint density at radius 2 is 1.78 bits per heavy atom. The van der Waals surface area contributed by atoms with Gasteiger partial charge in [-0.15, -0.1) is 0 Å². The molecule has 2 atom stereocenters. The first-order chi connectivity index (χ1) is 13.3. The molecule has 2 aromatic carbocycles. The molecule has 0 bridgehead atoms. The van der Waals surface area contributed by atoms with Crippen molar-refractivity contribution in [2.45, 2.75) is 44.5 Å². The molecule has 0 spiro atoms. The lowest BCUT2D eigenvalue weighted by Gasteiger charge is -2.43. The third-order valence-corrected chi connectivity index (χ3v) is 5.93. The Kier molecular flexibility index (Phi) is 6.07. The summed E-state index contributed by atoms with van der Waals surface area (Å²) in [6.45, 7) is 5.27. The zero-order valence-electron chi connectivity index (χ0n) is 16.0. The van der Waals surface area contributed by atoms with Crippen LogP contribution in [0.1, 0.15) is 30.4 Å². The summed E-state index contributed by atoms with van der Waals surface area (Å²) in [6.07, 6.45) is 3.49. The molecule has 2 aliphatic heterocycles. The second kappa shape index (κ2) is 8.87. The van der Waals surface area contributed by atoms with Gasteiger partial charge in [0.1, 0.15) is 12.4 Å². The highest BCUT2D eigenvalue weighted by molar-refractivity contribution is 5.28. The maximum atomic E-state index is 9.47. The van der Waals surface area contributed by atoms with Crippen LogP contribution in [-0.2, 0) is 13.2 Å². The van der Waals surface area contributed by atoms with Crippen molar-refractivity contribution in [1.82, 2.24) is 9.80 Å². The van der Waals surface area contributed by atoms with Gasteiger partial charge < -0.3 is 9.84 Å². The number of aliphatic hydroxyl groups excluding tert-OH is 1. The molecule has 27 heavy (non-hydrogen) atoms. The number of rotatable bonds is 7. The summed E-state index contributed by atoms with van der Waals surface area (Å²) in [5, 5.41) is 9.47. The second-order valence-corrected chi connectivity index (χ2v) is 7.80. The van der Waals surface area contributed by atoms with E-state index in [2.05, 4.69) is 46.2 Å². The van der Waals surface area contributed by atoms with Crippen LogP contribution in [0.5, 0.6) is 5.75 Å². The van der Waals surface area contributed by atoms with Crippen LogP contribution in [-0.4, -0.2) is 53.2 Å². The van der Waals surface area contributed by atoms with E-state index in [1.54, 1.807) is 0 Å². The summed E-state index contributed by atoms with van der Waals surface area (Å²) in [4.78, 5) is 5.19. The Morgan fingerprint density at radius 1 is 0.963 bits per heavy atom. The van der Waals surface area contributed by atoms with E-state index in [0.717, 1.165) is 31.8 Å². The van der Waals surface area contributed by atoms with Crippen LogP contribution in [0.25, 0.3) is 0 Å². The van der Waals surface area contributed by atoms with E-state index in [9.17, 15) is 5.11 Å². The molecule has 0 saturated carbocycles. The lowest BCUT2D eigenvalue weighted by Crippen LogP contribution is -2.55. The van der Waals surface area contributed by atoms with E-state index in [1.165, 1.54) is 30.5 Å². The normalized spacial score (nSPS) is 23.3. The molecule has 0 radical (unpaired) electrons. The molecular formula is C23H30N2O2. The van der Waals surface area contributed by atoms with Gasteiger partial charge in [-0.1, -0.05) is 42.5 Å². The Hall–Kier alpha value is -1.88. The Bertz CT molecular complexity index is 704. The van der Waals surface area contributed by atoms with E-state index in [4.69, 9.17) is 4.74 Å². The lowest BCUT2D eigenvalue weighted by molar-refractivity contribution is 0.0333. The van der Waals surface area contributed by atoms with Crippen molar-refractivity contribution >= 4 is 0 Å². The highest BCUT2D eigenvalue weighted by atomic mass is 16.5. The maximum Gasteiger partial charge on any atom is 0.119 e. The zero-order valence-corrected chi connectivity index (χ0v) is 16.0. The molecule has 144 valence electrons. The number of fused-ring (bicyclic) bond motifs is 1. The van der Waals surface area contributed by atoms with Crippen molar-refractivity contribution < 1.29 is 9.84 Å². The number of ether oxygens (including phenoxy) is 1. The van der Waals surface area contributed by atoms with Gasteiger partial charge in [-0.25, -0.2) is 0 Å². The fourth-order valence-electron chi connectivity index (χ4n) is 4.43. The van der Waals surface area contributed by atoms with Crippen LogP contribution in [0.4, 0.5) is 0 Å². The van der Waals surface area contributed by atoms with Crippen molar-refractivity contribution in [3.05, 3.63) is 65.7 Å². The van der Waals surface area contributed by atoms with Gasteiger partial charge in [0.05, 0.1) is 0 Å². The minimum Gasteiger partial charge on any atom is -0.489 e. The number of hydrogen-bond donors (Lipinski definition) is 1. The summed E-state index contributed by atoms with van der Waals surface area (Å²) in [6, 6.07) is 19.9. The molecule has 0 amide bonds. The first-order valence-electron chi connectivity index (χ1n) is 10.2. The molecule has 2 heterocycles. The molecule has 0 aromatic heterocycles. The van der Waals surface area contributed by atoms with Gasteiger partial charge in [0.15, 0.2) is 0 Å². The molecular weight excluding hydrogens is 336 g/mol. The van der Waals surface area contributed by atoms with Crippen LogP contribution in [0, 0.1) is 0 Å². The smallest absolute Gasteiger partial charge is 0.119 e. The van der Waals surface area contributed by atoms with Gasteiger partial charge in [0, 0.05) is 38.3 Å². The standard InChI is InChI=1S/C23H30N2O2/c26-14-12-22-16-24-13-4-7-21(24)17-25(22)15-19-8-10-23(11-9-19)27-18-20-5-2-1-3-6-20/h1-3,5-6,8-11,21-22,26H,4,7,12-18H2/t21?,22-/m0/s1. The lowest BCUT2D eigenvalue weighted by atomic mass is 10.0. The fraction of sp³-hybridized carbons (Fsp3) is 0.478. The fourth-order valence-corrected chi connectivity index (χ4v) is 4.43. The Morgan fingerprint density at radius 3 is 2.56 bits per heavy atom. The number of hydrogen-bond acceptors (Lipinski definition) is 4. The third kappa shape index (κ3) is 4.70. The van der Waals surface area contributed by atoms with Gasteiger partial charge in [0.2, 0.25) is 0 Å². The van der Waals surface area contributed by atoms with E-state index in [0.29, 0.717) is 18.7 Å². The second-order valence-electron chi connectivity index (χ2n) is 7.80. The number of nitrogens with zero attached hydrogens (tertiary/aromatic N) is 2. The molecule has 4 rings (SSSR count). The largest absolute Gasteiger partial charge is 0.489 e. The van der Waals surface area contributed by atoms with Crippen molar-refractivity contribution in [2.24, 2.45) is 0 Å².